The minimum Gasteiger partial charge on any atom is -0.399 e. The van der Waals surface area contributed by atoms with Gasteiger partial charge in [0, 0.05) is 16.7 Å². The molecule has 2 rings (SSSR count). The molecule has 0 aliphatic rings. The van der Waals surface area contributed by atoms with Crippen LogP contribution in [-0.2, 0) is 14.3 Å². The largest absolute Gasteiger partial charge is 0.399 e. The smallest absolute Gasteiger partial charge is 0.250 e. The second-order valence-electron chi connectivity index (χ2n) is 6.00. The number of nitrogens with two attached hydrogens (primary N) is 1. The van der Waals surface area contributed by atoms with Crippen LogP contribution in [-0.4, -0.2) is 37.7 Å². The van der Waals surface area contributed by atoms with Gasteiger partial charge in [0.05, 0.1) is 19.8 Å². The molecule has 5 nitrogen and oxygen atoms in total. The fourth-order valence-corrected chi connectivity index (χ4v) is 2.69. The summed E-state index contributed by atoms with van der Waals surface area (Å²) in [7, 11) is 0. The van der Waals surface area contributed by atoms with Gasteiger partial charge in [-0.05, 0) is 60.4 Å². The highest BCUT2D eigenvalue weighted by atomic mass is 79.9. The molecule has 0 atom stereocenters. The van der Waals surface area contributed by atoms with Crippen LogP contribution in [0, 0.1) is 13.8 Å². The molecule has 0 radical (unpaired) electrons. The Hall–Kier alpha value is -1.89. The summed E-state index contributed by atoms with van der Waals surface area (Å²) in [5, 5.41) is 3.67. The van der Waals surface area contributed by atoms with Crippen LogP contribution in [0.5, 0.6) is 0 Å². The van der Waals surface area contributed by atoms with E-state index in [2.05, 4.69) is 33.4 Å². The average Bonchev–Trinajstić information content (AvgIpc) is 2.62. The maximum atomic E-state index is 12.0. The molecular formula is C20H25BrN2O3. The Morgan fingerprint density at radius 1 is 1.00 bits per heavy atom. The van der Waals surface area contributed by atoms with Crippen molar-refractivity contribution in [2.75, 3.05) is 42.8 Å². The Bertz CT molecular complexity index is 750. The number of hydrogen-bond donors (Lipinski definition) is 2. The van der Waals surface area contributed by atoms with E-state index in [0.717, 1.165) is 39.0 Å². The lowest BCUT2D eigenvalue weighted by atomic mass is 10.00. The number of nitrogens with one attached hydrogen (secondary N) is 1. The third kappa shape index (κ3) is 6.12. The fraction of sp³-hybridized carbons (Fsp3) is 0.350. The van der Waals surface area contributed by atoms with Gasteiger partial charge in [0.1, 0.15) is 6.61 Å². The number of carbonyl (C=O) groups excluding carboxylic acids is 1. The summed E-state index contributed by atoms with van der Waals surface area (Å²) in [5.41, 5.74) is 11.7. The minimum atomic E-state index is -0.176. The van der Waals surface area contributed by atoms with Crippen molar-refractivity contribution in [3.05, 3.63) is 47.5 Å². The van der Waals surface area contributed by atoms with E-state index in [-0.39, 0.29) is 12.5 Å². The number of amides is 1. The molecule has 3 N–H and O–H groups in total. The Morgan fingerprint density at radius 3 is 2.31 bits per heavy atom. The maximum absolute atomic E-state index is 12.0. The first kappa shape index (κ1) is 20.4. The summed E-state index contributed by atoms with van der Waals surface area (Å²) in [6, 6.07) is 11.9. The van der Waals surface area contributed by atoms with Crippen LogP contribution >= 0.6 is 15.9 Å². The van der Waals surface area contributed by atoms with Crippen LogP contribution in [0.15, 0.2) is 36.4 Å². The second kappa shape index (κ2) is 10.3. The molecule has 26 heavy (non-hydrogen) atoms. The Morgan fingerprint density at radius 2 is 1.65 bits per heavy atom. The average molecular weight is 421 g/mol. The van der Waals surface area contributed by atoms with Gasteiger partial charge < -0.3 is 20.5 Å². The van der Waals surface area contributed by atoms with Gasteiger partial charge in [-0.1, -0.05) is 28.1 Å². The molecule has 0 bridgehead atoms. The molecule has 0 unspecified atom stereocenters. The first-order chi connectivity index (χ1) is 12.5. The number of aryl methyl sites for hydroxylation is 2. The summed E-state index contributed by atoms with van der Waals surface area (Å²) < 4.78 is 10.6. The number of hydrogen-bond acceptors (Lipinski definition) is 4. The van der Waals surface area contributed by atoms with Crippen LogP contribution in [0.2, 0.25) is 0 Å². The van der Waals surface area contributed by atoms with Crippen molar-refractivity contribution in [2.24, 2.45) is 0 Å². The lowest BCUT2D eigenvalue weighted by Crippen LogP contribution is -2.20. The molecule has 0 heterocycles. The Balaban J connectivity index is 1.90. The summed E-state index contributed by atoms with van der Waals surface area (Å²) in [6.45, 7) is 5.48. The van der Waals surface area contributed by atoms with Gasteiger partial charge in [-0.2, -0.15) is 0 Å². The van der Waals surface area contributed by atoms with E-state index in [1.54, 1.807) is 0 Å². The zero-order valence-electron chi connectivity index (χ0n) is 15.2. The molecule has 0 aliphatic carbocycles. The summed E-state index contributed by atoms with van der Waals surface area (Å²) >= 11 is 3.28. The zero-order chi connectivity index (χ0) is 18.9. The molecule has 0 aromatic heterocycles. The molecule has 0 spiro atoms. The molecular weight excluding hydrogens is 396 g/mol. The van der Waals surface area contributed by atoms with Crippen molar-refractivity contribution in [1.82, 2.24) is 0 Å². The molecule has 0 saturated carbocycles. The minimum absolute atomic E-state index is 0.00994. The van der Waals surface area contributed by atoms with Gasteiger partial charge in [0.2, 0.25) is 5.91 Å². The molecule has 1 amide bonds. The number of carbonyl (C=O) groups is 1. The van der Waals surface area contributed by atoms with Crippen LogP contribution in [0.1, 0.15) is 11.1 Å². The lowest BCUT2D eigenvalue weighted by molar-refractivity contribution is -0.121. The highest BCUT2D eigenvalue weighted by molar-refractivity contribution is 9.09. The van der Waals surface area contributed by atoms with E-state index >= 15 is 0 Å². The van der Waals surface area contributed by atoms with Crippen molar-refractivity contribution in [3.8, 4) is 11.1 Å². The van der Waals surface area contributed by atoms with Crippen LogP contribution in [0.25, 0.3) is 11.1 Å². The normalized spacial score (nSPS) is 10.7. The molecule has 0 saturated heterocycles. The molecule has 140 valence electrons. The van der Waals surface area contributed by atoms with Crippen molar-refractivity contribution in [3.63, 3.8) is 0 Å². The van der Waals surface area contributed by atoms with Gasteiger partial charge in [-0.15, -0.1) is 0 Å². The molecule has 0 fully saturated rings. The third-order valence-corrected chi connectivity index (χ3v) is 4.25. The lowest BCUT2D eigenvalue weighted by Gasteiger charge is -2.12. The van der Waals surface area contributed by atoms with E-state index in [4.69, 9.17) is 15.2 Å². The summed E-state index contributed by atoms with van der Waals surface area (Å²) in [4.78, 5) is 12.0. The number of ether oxygens (including phenoxy) is 2. The predicted molar refractivity (Wildman–Crippen MR) is 110 cm³/mol. The Kier molecular flexibility index (Phi) is 8.09. The summed E-state index contributed by atoms with van der Waals surface area (Å²) in [5.74, 6) is -0.176. The highest BCUT2D eigenvalue weighted by Crippen LogP contribution is 2.27. The topological polar surface area (TPSA) is 73.6 Å². The zero-order valence-corrected chi connectivity index (χ0v) is 16.8. The Labute approximate surface area is 163 Å². The van der Waals surface area contributed by atoms with Gasteiger partial charge in [-0.25, -0.2) is 0 Å². The highest BCUT2D eigenvalue weighted by Gasteiger charge is 2.07. The second-order valence-corrected chi connectivity index (χ2v) is 6.80. The molecule has 2 aromatic rings. The number of halogens is 1. The number of anilines is 2. The monoisotopic (exact) mass is 420 g/mol. The first-order valence-electron chi connectivity index (χ1n) is 8.49. The van der Waals surface area contributed by atoms with E-state index in [1.165, 1.54) is 0 Å². The van der Waals surface area contributed by atoms with Gasteiger partial charge in [-0.3, -0.25) is 4.79 Å². The quantitative estimate of drug-likeness (QED) is 0.366. The van der Waals surface area contributed by atoms with E-state index < -0.39 is 0 Å². The molecule has 2 aromatic carbocycles. The van der Waals surface area contributed by atoms with Gasteiger partial charge in [0.25, 0.3) is 0 Å². The first-order valence-corrected chi connectivity index (χ1v) is 9.62. The van der Waals surface area contributed by atoms with Crippen LogP contribution in [0.3, 0.4) is 0 Å². The number of rotatable bonds is 9. The van der Waals surface area contributed by atoms with Crippen LogP contribution in [0.4, 0.5) is 11.4 Å². The predicted octanol–water partition coefficient (Wildman–Crippen LogP) is 3.92. The van der Waals surface area contributed by atoms with Crippen molar-refractivity contribution in [2.45, 2.75) is 13.8 Å². The summed E-state index contributed by atoms with van der Waals surface area (Å²) in [6.07, 6.45) is 0. The van der Waals surface area contributed by atoms with Gasteiger partial charge in [0.15, 0.2) is 0 Å². The SMILES string of the molecule is Cc1cc(-c2ccc(NC(=O)COCCOCCBr)c(C)c2)ccc1N. The number of nitrogen functional groups attached to an aromatic ring is 1. The van der Waals surface area contributed by atoms with E-state index in [0.29, 0.717) is 19.8 Å². The maximum Gasteiger partial charge on any atom is 0.250 e. The van der Waals surface area contributed by atoms with Crippen molar-refractivity contribution in [1.29, 1.82) is 0 Å². The van der Waals surface area contributed by atoms with E-state index in [1.807, 2.05) is 38.1 Å². The van der Waals surface area contributed by atoms with E-state index in [9.17, 15) is 4.79 Å². The number of benzene rings is 2. The molecule has 0 aliphatic heterocycles. The third-order valence-electron chi connectivity index (χ3n) is 3.93. The van der Waals surface area contributed by atoms with Crippen molar-refractivity contribution >= 4 is 33.2 Å². The van der Waals surface area contributed by atoms with Crippen LogP contribution < -0.4 is 11.1 Å². The standard InChI is InChI=1S/C20H25BrN2O3/c1-14-11-16(3-5-18(14)22)17-4-6-19(15(2)12-17)23-20(24)13-26-10-9-25-8-7-21/h3-6,11-12H,7-10,13,22H2,1-2H3,(H,23,24). The number of alkyl halides is 1. The van der Waals surface area contributed by atoms with Crippen molar-refractivity contribution < 1.29 is 14.3 Å². The van der Waals surface area contributed by atoms with Gasteiger partial charge >= 0.3 is 0 Å². The fourth-order valence-electron chi connectivity index (χ4n) is 2.46. The molecule has 6 heteroatoms.